The Morgan fingerprint density at radius 3 is 2.91 bits per heavy atom. The first-order valence-electron chi connectivity index (χ1n) is 7.76. The summed E-state index contributed by atoms with van der Waals surface area (Å²) in [6.45, 7) is 2.38. The van der Waals surface area contributed by atoms with Gasteiger partial charge in [0.2, 0.25) is 15.9 Å². The van der Waals surface area contributed by atoms with Gasteiger partial charge in [-0.2, -0.15) is 4.31 Å². The number of rotatable bonds is 6. The Bertz CT molecular complexity index is 589. The van der Waals surface area contributed by atoms with E-state index in [2.05, 4.69) is 10.3 Å². The lowest BCUT2D eigenvalue weighted by Gasteiger charge is -2.33. The number of piperidine rings is 1. The van der Waals surface area contributed by atoms with E-state index < -0.39 is 16.1 Å². The predicted octanol–water partition coefficient (Wildman–Crippen LogP) is 2.00. The molecule has 122 valence electrons. The van der Waals surface area contributed by atoms with E-state index in [1.54, 1.807) is 24.4 Å². The minimum absolute atomic E-state index is 0.108. The molecule has 0 radical (unpaired) electrons. The van der Waals surface area contributed by atoms with Crippen LogP contribution in [0, 0.1) is 0 Å². The number of hydrogen-bond donors (Lipinski definition) is 1. The Kier molecular flexibility index (Phi) is 5.90. The Labute approximate surface area is 132 Å². The Balaban J connectivity index is 2.10. The van der Waals surface area contributed by atoms with Crippen molar-refractivity contribution in [2.75, 3.05) is 17.6 Å². The normalized spacial score (nSPS) is 19.8. The van der Waals surface area contributed by atoms with Crippen LogP contribution in [0.4, 0.5) is 5.82 Å². The fraction of sp³-hybridized carbons (Fsp3) is 0.600. The highest BCUT2D eigenvalue weighted by Crippen LogP contribution is 2.22. The smallest absolute Gasteiger partial charge is 0.243 e. The topological polar surface area (TPSA) is 79.4 Å². The number of sulfonamides is 1. The number of pyridine rings is 1. The molecule has 1 fully saturated rings. The van der Waals surface area contributed by atoms with E-state index in [1.807, 2.05) is 6.92 Å². The fourth-order valence-corrected chi connectivity index (χ4v) is 4.47. The largest absolute Gasteiger partial charge is 0.309 e. The van der Waals surface area contributed by atoms with E-state index in [1.165, 1.54) is 4.31 Å². The molecule has 1 atom stereocenters. The van der Waals surface area contributed by atoms with Gasteiger partial charge in [-0.3, -0.25) is 4.79 Å². The van der Waals surface area contributed by atoms with Crippen LogP contribution in [0.2, 0.25) is 0 Å². The summed E-state index contributed by atoms with van der Waals surface area (Å²) in [5, 5.41) is 2.71. The standard InChI is InChI=1S/C15H23N3O3S/c1-2-3-12-22(20,21)18-11-7-5-8-13(18)15(19)17-14-9-4-6-10-16-14/h4,6,9-10,13H,2-3,5,7-8,11-12H2,1H3,(H,16,17,19)/t13-/m0/s1. The van der Waals surface area contributed by atoms with Gasteiger partial charge in [0.1, 0.15) is 11.9 Å². The summed E-state index contributed by atoms with van der Waals surface area (Å²) >= 11 is 0. The van der Waals surface area contributed by atoms with Crippen molar-refractivity contribution in [3.05, 3.63) is 24.4 Å². The summed E-state index contributed by atoms with van der Waals surface area (Å²) in [7, 11) is -3.38. The van der Waals surface area contributed by atoms with E-state index in [0.29, 0.717) is 25.2 Å². The third-order valence-electron chi connectivity index (χ3n) is 3.79. The van der Waals surface area contributed by atoms with Gasteiger partial charge in [-0.1, -0.05) is 25.8 Å². The van der Waals surface area contributed by atoms with Gasteiger partial charge in [0.25, 0.3) is 0 Å². The first-order valence-corrected chi connectivity index (χ1v) is 9.37. The van der Waals surface area contributed by atoms with Crippen molar-refractivity contribution in [1.82, 2.24) is 9.29 Å². The van der Waals surface area contributed by atoms with Crippen LogP contribution in [0.25, 0.3) is 0 Å². The number of carbonyl (C=O) groups is 1. The maximum absolute atomic E-state index is 12.4. The van der Waals surface area contributed by atoms with E-state index >= 15 is 0 Å². The van der Waals surface area contributed by atoms with Gasteiger partial charge in [-0.15, -0.1) is 0 Å². The summed E-state index contributed by atoms with van der Waals surface area (Å²) in [6.07, 6.45) is 5.25. The predicted molar refractivity (Wildman–Crippen MR) is 85.9 cm³/mol. The first-order chi connectivity index (χ1) is 10.5. The minimum atomic E-state index is -3.38. The number of nitrogens with zero attached hydrogens (tertiary/aromatic N) is 2. The van der Waals surface area contributed by atoms with Crippen LogP contribution >= 0.6 is 0 Å². The van der Waals surface area contributed by atoms with Crippen molar-refractivity contribution in [3.63, 3.8) is 0 Å². The average Bonchev–Trinajstić information content (AvgIpc) is 2.54. The molecule has 1 N–H and O–H groups in total. The molecular weight excluding hydrogens is 302 g/mol. The quantitative estimate of drug-likeness (QED) is 0.867. The lowest BCUT2D eigenvalue weighted by atomic mass is 10.0. The Morgan fingerprint density at radius 1 is 1.41 bits per heavy atom. The number of aromatic nitrogens is 1. The third kappa shape index (κ3) is 4.27. The molecule has 6 nitrogen and oxygen atoms in total. The minimum Gasteiger partial charge on any atom is -0.309 e. The van der Waals surface area contributed by atoms with Gasteiger partial charge in [-0.25, -0.2) is 13.4 Å². The summed E-state index contributed by atoms with van der Waals surface area (Å²) in [5.74, 6) is 0.263. The van der Waals surface area contributed by atoms with E-state index in [4.69, 9.17) is 0 Å². The molecule has 1 aliphatic heterocycles. The molecule has 0 aromatic carbocycles. The van der Waals surface area contributed by atoms with Crippen molar-refractivity contribution in [3.8, 4) is 0 Å². The molecule has 22 heavy (non-hydrogen) atoms. The monoisotopic (exact) mass is 325 g/mol. The van der Waals surface area contributed by atoms with Crippen molar-refractivity contribution in [2.45, 2.75) is 45.1 Å². The van der Waals surface area contributed by atoms with Crippen molar-refractivity contribution < 1.29 is 13.2 Å². The van der Waals surface area contributed by atoms with Gasteiger partial charge in [0.15, 0.2) is 0 Å². The van der Waals surface area contributed by atoms with Crippen LogP contribution in [-0.4, -0.2) is 42.0 Å². The molecule has 2 rings (SSSR count). The summed E-state index contributed by atoms with van der Waals surface area (Å²) in [4.78, 5) is 16.5. The fourth-order valence-electron chi connectivity index (χ4n) is 2.59. The molecule has 1 aliphatic rings. The van der Waals surface area contributed by atoms with E-state index in [9.17, 15) is 13.2 Å². The molecule has 0 spiro atoms. The average molecular weight is 325 g/mol. The van der Waals surface area contributed by atoms with Gasteiger partial charge in [0.05, 0.1) is 5.75 Å². The van der Waals surface area contributed by atoms with Crippen molar-refractivity contribution in [1.29, 1.82) is 0 Å². The summed E-state index contributed by atoms with van der Waals surface area (Å²) in [5.41, 5.74) is 0. The number of amides is 1. The molecule has 1 amide bonds. The first kappa shape index (κ1) is 16.9. The van der Waals surface area contributed by atoms with Crippen LogP contribution in [-0.2, 0) is 14.8 Å². The number of unbranched alkanes of at least 4 members (excludes halogenated alkanes) is 1. The van der Waals surface area contributed by atoms with Crippen LogP contribution in [0.5, 0.6) is 0 Å². The Morgan fingerprint density at radius 2 is 2.23 bits per heavy atom. The van der Waals surface area contributed by atoms with Crippen molar-refractivity contribution in [2.24, 2.45) is 0 Å². The highest BCUT2D eigenvalue weighted by Gasteiger charge is 2.36. The molecule has 2 heterocycles. The zero-order valence-corrected chi connectivity index (χ0v) is 13.7. The molecule has 7 heteroatoms. The molecule has 0 aliphatic carbocycles. The summed E-state index contributed by atoms with van der Waals surface area (Å²) < 4.78 is 26.3. The number of nitrogens with one attached hydrogen (secondary N) is 1. The number of hydrogen-bond acceptors (Lipinski definition) is 4. The SMILES string of the molecule is CCCCS(=O)(=O)N1CCCC[C@H]1C(=O)Nc1ccccn1. The maximum Gasteiger partial charge on any atom is 0.243 e. The van der Waals surface area contributed by atoms with Crippen LogP contribution in [0.3, 0.4) is 0 Å². The van der Waals surface area contributed by atoms with Gasteiger partial charge in [0, 0.05) is 12.7 Å². The number of carbonyl (C=O) groups excluding carboxylic acids is 1. The van der Waals surface area contributed by atoms with Gasteiger partial charge in [-0.05, 0) is 31.4 Å². The van der Waals surface area contributed by atoms with Crippen LogP contribution in [0.1, 0.15) is 39.0 Å². The third-order valence-corrected chi connectivity index (χ3v) is 5.74. The highest BCUT2D eigenvalue weighted by molar-refractivity contribution is 7.89. The lowest BCUT2D eigenvalue weighted by molar-refractivity contribution is -0.120. The maximum atomic E-state index is 12.4. The highest BCUT2D eigenvalue weighted by atomic mass is 32.2. The Hall–Kier alpha value is -1.47. The zero-order valence-electron chi connectivity index (χ0n) is 12.9. The van der Waals surface area contributed by atoms with Gasteiger partial charge >= 0.3 is 0 Å². The molecule has 0 saturated carbocycles. The second-order valence-corrected chi connectivity index (χ2v) is 7.54. The zero-order chi connectivity index (χ0) is 16.0. The molecule has 0 unspecified atom stereocenters. The van der Waals surface area contributed by atoms with Crippen LogP contribution in [0.15, 0.2) is 24.4 Å². The molecular formula is C15H23N3O3S. The van der Waals surface area contributed by atoms with Crippen molar-refractivity contribution >= 4 is 21.7 Å². The van der Waals surface area contributed by atoms with Gasteiger partial charge < -0.3 is 5.32 Å². The lowest BCUT2D eigenvalue weighted by Crippen LogP contribution is -2.50. The van der Waals surface area contributed by atoms with E-state index in [-0.39, 0.29) is 11.7 Å². The van der Waals surface area contributed by atoms with Crippen LogP contribution < -0.4 is 5.32 Å². The molecule has 1 aromatic heterocycles. The summed E-state index contributed by atoms with van der Waals surface area (Å²) in [6, 6.07) is 4.60. The number of anilines is 1. The molecule has 1 saturated heterocycles. The second kappa shape index (κ2) is 7.69. The van der Waals surface area contributed by atoms with E-state index in [0.717, 1.165) is 19.3 Å². The molecule has 0 bridgehead atoms. The molecule has 1 aromatic rings. The second-order valence-electron chi connectivity index (χ2n) is 5.50.